The normalized spacial score (nSPS) is 11.4. The molecule has 0 saturated carbocycles. The third-order valence-electron chi connectivity index (χ3n) is 4.75. The van der Waals surface area contributed by atoms with E-state index >= 15 is 0 Å². The summed E-state index contributed by atoms with van der Waals surface area (Å²) in [6.07, 6.45) is 8.25. The van der Waals surface area contributed by atoms with Crippen molar-refractivity contribution in [2.75, 3.05) is 14.2 Å². The molecule has 31 heavy (non-hydrogen) atoms. The van der Waals surface area contributed by atoms with Crippen LogP contribution in [0.3, 0.4) is 0 Å². The molecule has 0 spiro atoms. The van der Waals surface area contributed by atoms with Crippen LogP contribution < -0.4 is 14.8 Å². The second kappa shape index (κ2) is 9.08. The minimum atomic E-state index is 0.372. The Morgan fingerprint density at radius 3 is 2.71 bits per heavy atom. The first kappa shape index (κ1) is 20.1. The van der Waals surface area contributed by atoms with Crippen molar-refractivity contribution >= 4 is 17.4 Å². The van der Waals surface area contributed by atoms with E-state index < -0.39 is 0 Å². The van der Waals surface area contributed by atoms with Gasteiger partial charge in [0.1, 0.15) is 24.3 Å². The molecule has 4 aromatic rings. The molecule has 2 N–H and O–H groups in total. The highest BCUT2D eigenvalue weighted by molar-refractivity contribution is 6.08. The average Bonchev–Trinajstić information content (AvgIpc) is 3.25. The number of pyridine rings is 1. The Bertz CT molecular complexity index is 1230. The Morgan fingerprint density at radius 1 is 1.13 bits per heavy atom. The molecule has 3 heterocycles. The standard InChI is InChI=1S/C23H22N6O2/c1-25-12-18(11-24)17-5-3-16(4-6-17)14-31-23-10-20(27-15-28-23)21-13-26-22-9-19(30-2)7-8-29(21)22/h3-13,15,24-25H,14H2,1-2H3/b18-12+,24-11?. The van der Waals surface area contributed by atoms with Gasteiger partial charge in [0.15, 0.2) is 0 Å². The molecule has 0 atom stereocenters. The average molecular weight is 414 g/mol. The topological polar surface area (TPSA) is 97.4 Å². The van der Waals surface area contributed by atoms with Crippen molar-refractivity contribution in [3.63, 3.8) is 0 Å². The van der Waals surface area contributed by atoms with Gasteiger partial charge in [-0.1, -0.05) is 24.3 Å². The molecule has 0 unspecified atom stereocenters. The van der Waals surface area contributed by atoms with Crippen LogP contribution in [0.15, 0.2) is 67.4 Å². The van der Waals surface area contributed by atoms with Crippen LogP contribution >= 0.6 is 0 Å². The summed E-state index contributed by atoms with van der Waals surface area (Å²) in [5, 5.41) is 10.5. The van der Waals surface area contributed by atoms with E-state index in [0.29, 0.717) is 18.2 Å². The number of allylic oxidation sites excluding steroid dienone is 1. The van der Waals surface area contributed by atoms with Crippen molar-refractivity contribution in [2.45, 2.75) is 6.61 Å². The third kappa shape index (κ3) is 4.37. The first-order valence-corrected chi connectivity index (χ1v) is 9.65. The van der Waals surface area contributed by atoms with Gasteiger partial charge in [-0.15, -0.1) is 0 Å². The van der Waals surface area contributed by atoms with Crippen LogP contribution in [0.2, 0.25) is 0 Å². The fraction of sp³-hybridized carbons (Fsp3) is 0.130. The van der Waals surface area contributed by atoms with Crippen molar-refractivity contribution in [3.05, 3.63) is 78.5 Å². The highest BCUT2D eigenvalue weighted by Crippen LogP contribution is 2.24. The van der Waals surface area contributed by atoms with E-state index in [1.807, 2.05) is 54.0 Å². The van der Waals surface area contributed by atoms with Crippen molar-refractivity contribution < 1.29 is 9.47 Å². The van der Waals surface area contributed by atoms with Gasteiger partial charge < -0.3 is 20.2 Å². The van der Waals surface area contributed by atoms with Gasteiger partial charge in [0.25, 0.3) is 0 Å². The number of nitrogens with one attached hydrogen (secondary N) is 2. The van der Waals surface area contributed by atoms with Gasteiger partial charge in [-0.2, -0.15) is 0 Å². The Kier molecular flexibility index (Phi) is 5.89. The fourth-order valence-electron chi connectivity index (χ4n) is 3.15. The molecule has 0 aliphatic rings. The van der Waals surface area contributed by atoms with Crippen LogP contribution in [-0.2, 0) is 6.61 Å². The summed E-state index contributed by atoms with van der Waals surface area (Å²) in [7, 11) is 3.44. The number of imidazole rings is 1. The molecule has 0 bridgehead atoms. The van der Waals surface area contributed by atoms with Crippen LogP contribution in [0.5, 0.6) is 11.6 Å². The minimum absolute atomic E-state index is 0.372. The molecule has 0 fully saturated rings. The molecule has 8 nitrogen and oxygen atoms in total. The second-order valence-electron chi connectivity index (χ2n) is 6.70. The molecular formula is C23H22N6O2. The highest BCUT2D eigenvalue weighted by atomic mass is 16.5. The molecule has 1 aromatic carbocycles. The maximum Gasteiger partial charge on any atom is 0.217 e. The van der Waals surface area contributed by atoms with E-state index in [1.165, 1.54) is 12.5 Å². The maximum atomic E-state index is 7.51. The summed E-state index contributed by atoms with van der Waals surface area (Å²) in [4.78, 5) is 13.0. The van der Waals surface area contributed by atoms with Crippen molar-refractivity contribution in [1.82, 2.24) is 24.7 Å². The molecule has 0 saturated heterocycles. The second-order valence-corrected chi connectivity index (χ2v) is 6.70. The molecule has 0 aliphatic carbocycles. The molecule has 0 radical (unpaired) electrons. The molecule has 0 amide bonds. The molecule has 3 aromatic heterocycles. The SMILES string of the molecule is CN/C=C(\C=N)c1ccc(COc2cc(-c3cnc4cc(OC)ccn34)ncn2)cc1. The lowest BCUT2D eigenvalue weighted by Crippen LogP contribution is -2.00. The Labute approximate surface area is 179 Å². The molecule has 8 heteroatoms. The number of ether oxygens (including phenoxy) is 2. The van der Waals surface area contributed by atoms with Crippen molar-refractivity contribution in [1.29, 1.82) is 5.41 Å². The zero-order valence-corrected chi connectivity index (χ0v) is 17.2. The lowest BCUT2D eigenvalue weighted by molar-refractivity contribution is 0.293. The van der Waals surface area contributed by atoms with E-state index in [0.717, 1.165) is 33.8 Å². The zero-order valence-electron chi connectivity index (χ0n) is 17.2. The van der Waals surface area contributed by atoms with E-state index in [1.54, 1.807) is 25.6 Å². The summed E-state index contributed by atoms with van der Waals surface area (Å²) in [5.41, 5.74) is 5.09. The van der Waals surface area contributed by atoms with Crippen LogP contribution in [0.4, 0.5) is 0 Å². The summed E-state index contributed by atoms with van der Waals surface area (Å²) in [5.74, 6) is 1.23. The minimum Gasteiger partial charge on any atom is -0.497 e. The van der Waals surface area contributed by atoms with Gasteiger partial charge in [-0.3, -0.25) is 4.40 Å². The number of hydrogen-bond acceptors (Lipinski definition) is 7. The predicted octanol–water partition coefficient (Wildman–Crippen LogP) is 3.59. The number of benzene rings is 1. The number of fused-ring (bicyclic) bond motifs is 1. The summed E-state index contributed by atoms with van der Waals surface area (Å²) < 4.78 is 13.1. The molecule has 0 aliphatic heterocycles. The Morgan fingerprint density at radius 2 is 1.97 bits per heavy atom. The quantitative estimate of drug-likeness (QED) is 0.428. The summed E-state index contributed by atoms with van der Waals surface area (Å²) in [6, 6.07) is 13.4. The van der Waals surface area contributed by atoms with Gasteiger partial charge in [-0.25, -0.2) is 15.0 Å². The lowest BCUT2D eigenvalue weighted by Gasteiger charge is -2.08. The predicted molar refractivity (Wildman–Crippen MR) is 119 cm³/mol. The molecule has 156 valence electrons. The van der Waals surface area contributed by atoms with Gasteiger partial charge in [-0.05, 0) is 17.2 Å². The van der Waals surface area contributed by atoms with E-state index in [2.05, 4.69) is 20.3 Å². The van der Waals surface area contributed by atoms with Gasteiger partial charge in [0.2, 0.25) is 5.88 Å². The maximum absolute atomic E-state index is 7.51. The lowest BCUT2D eigenvalue weighted by atomic mass is 10.1. The van der Waals surface area contributed by atoms with Crippen molar-refractivity contribution in [3.8, 4) is 23.0 Å². The zero-order chi connectivity index (χ0) is 21.6. The van der Waals surface area contributed by atoms with Crippen molar-refractivity contribution in [2.24, 2.45) is 0 Å². The van der Waals surface area contributed by atoms with Gasteiger partial charge in [0, 0.05) is 43.4 Å². The number of nitrogens with zero attached hydrogens (tertiary/aromatic N) is 4. The smallest absolute Gasteiger partial charge is 0.217 e. The van der Waals surface area contributed by atoms with E-state index in [9.17, 15) is 0 Å². The number of rotatable bonds is 8. The number of aromatic nitrogens is 4. The Hall–Kier alpha value is -4.20. The molecule has 4 rings (SSSR count). The number of hydrogen-bond donors (Lipinski definition) is 2. The largest absolute Gasteiger partial charge is 0.497 e. The Balaban J connectivity index is 1.49. The van der Waals surface area contributed by atoms with Crippen LogP contribution in [-0.4, -0.2) is 39.7 Å². The van der Waals surface area contributed by atoms with Gasteiger partial charge in [0.05, 0.1) is 24.7 Å². The summed E-state index contributed by atoms with van der Waals surface area (Å²) in [6.45, 7) is 0.372. The fourth-order valence-corrected chi connectivity index (χ4v) is 3.15. The third-order valence-corrected chi connectivity index (χ3v) is 4.75. The number of methoxy groups -OCH3 is 1. The first-order chi connectivity index (χ1) is 15.2. The monoisotopic (exact) mass is 414 g/mol. The van der Waals surface area contributed by atoms with E-state index in [-0.39, 0.29) is 0 Å². The van der Waals surface area contributed by atoms with Crippen LogP contribution in [0.25, 0.3) is 22.6 Å². The van der Waals surface area contributed by atoms with Crippen LogP contribution in [0.1, 0.15) is 11.1 Å². The van der Waals surface area contributed by atoms with Crippen LogP contribution in [0, 0.1) is 5.41 Å². The first-order valence-electron chi connectivity index (χ1n) is 9.65. The van der Waals surface area contributed by atoms with E-state index in [4.69, 9.17) is 14.9 Å². The molecular weight excluding hydrogens is 392 g/mol. The highest BCUT2D eigenvalue weighted by Gasteiger charge is 2.10. The van der Waals surface area contributed by atoms with Gasteiger partial charge >= 0.3 is 0 Å². The summed E-state index contributed by atoms with van der Waals surface area (Å²) >= 11 is 0.